The Morgan fingerprint density at radius 2 is 2.15 bits per heavy atom. The number of likely N-dealkylation sites (tertiary alicyclic amines) is 1. The molecule has 1 aliphatic heterocycles. The Morgan fingerprint density at radius 1 is 1.33 bits per heavy atom. The molecule has 3 aromatic rings. The number of carboxylic acid groups (broad SMARTS) is 1. The molecule has 33 heavy (non-hydrogen) atoms. The van der Waals surface area contributed by atoms with Crippen LogP contribution in [0, 0.1) is 6.92 Å². The van der Waals surface area contributed by atoms with Gasteiger partial charge in [0.2, 0.25) is 5.89 Å². The lowest BCUT2D eigenvalue weighted by molar-refractivity contribution is 0.0899. The van der Waals surface area contributed by atoms with Crippen LogP contribution in [0.3, 0.4) is 0 Å². The van der Waals surface area contributed by atoms with Crippen molar-refractivity contribution in [1.29, 1.82) is 0 Å². The highest BCUT2D eigenvalue weighted by Crippen LogP contribution is 2.35. The van der Waals surface area contributed by atoms with Crippen LogP contribution >= 0.6 is 0 Å². The van der Waals surface area contributed by atoms with Gasteiger partial charge in [-0.05, 0) is 31.9 Å². The lowest BCUT2D eigenvalue weighted by Crippen LogP contribution is -2.44. The van der Waals surface area contributed by atoms with Crippen molar-refractivity contribution >= 4 is 30.9 Å². The maximum atomic E-state index is 11.5. The molecule has 1 atom stereocenters. The average molecular weight is 472 g/mol. The van der Waals surface area contributed by atoms with E-state index in [1.165, 1.54) is 4.90 Å². The maximum Gasteiger partial charge on any atom is 0.407 e. The van der Waals surface area contributed by atoms with Crippen LogP contribution in [0.5, 0.6) is 0 Å². The molecular formula is C23H33N5O4Si. The topological polar surface area (TPSA) is 106 Å². The summed E-state index contributed by atoms with van der Waals surface area (Å²) < 4.78 is 13.7. The molecule has 0 bridgehead atoms. The van der Waals surface area contributed by atoms with Crippen LogP contribution in [0.2, 0.25) is 25.7 Å². The number of fused-ring (bicyclic) bond motifs is 1. The minimum absolute atomic E-state index is 0.00777. The van der Waals surface area contributed by atoms with E-state index in [-0.39, 0.29) is 6.04 Å². The minimum atomic E-state index is -1.15. The summed E-state index contributed by atoms with van der Waals surface area (Å²) in [5.41, 5.74) is 2.43. The molecule has 10 heteroatoms. The molecule has 0 aromatic carbocycles. The number of rotatable bonds is 8. The molecule has 9 nitrogen and oxygen atoms in total. The van der Waals surface area contributed by atoms with Crippen molar-refractivity contribution in [2.24, 2.45) is 0 Å². The second-order valence-electron chi connectivity index (χ2n) is 9.91. The largest absolute Gasteiger partial charge is 0.465 e. The summed E-state index contributed by atoms with van der Waals surface area (Å²) in [4.78, 5) is 22.1. The molecule has 4 rings (SSSR count). The fourth-order valence-electron chi connectivity index (χ4n) is 4.05. The molecule has 1 amide bonds. The Morgan fingerprint density at radius 3 is 2.85 bits per heavy atom. The first-order valence-corrected chi connectivity index (χ1v) is 15.1. The Balaban J connectivity index is 1.63. The summed E-state index contributed by atoms with van der Waals surface area (Å²) in [6.07, 6.45) is 6.26. The van der Waals surface area contributed by atoms with Crippen molar-refractivity contribution in [3.63, 3.8) is 0 Å². The van der Waals surface area contributed by atoms with E-state index in [2.05, 4.69) is 29.9 Å². The van der Waals surface area contributed by atoms with Gasteiger partial charge in [-0.25, -0.2) is 14.8 Å². The molecule has 1 aliphatic rings. The van der Waals surface area contributed by atoms with Crippen molar-refractivity contribution in [1.82, 2.24) is 19.4 Å². The predicted octanol–water partition coefficient (Wildman–Crippen LogP) is 4.87. The monoisotopic (exact) mass is 471 g/mol. The van der Waals surface area contributed by atoms with Crippen LogP contribution in [0.25, 0.3) is 22.5 Å². The van der Waals surface area contributed by atoms with E-state index >= 15 is 0 Å². The summed E-state index contributed by atoms with van der Waals surface area (Å²) in [5.74, 6) is 1.22. The summed E-state index contributed by atoms with van der Waals surface area (Å²) in [6, 6.07) is 3.12. The molecule has 1 fully saturated rings. The molecule has 3 aromatic heterocycles. The second-order valence-corrected chi connectivity index (χ2v) is 15.5. The predicted molar refractivity (Wildman–Crippen MR) is 130 cm³/mol. The number of oxazole rings is 1. The number of carbonyl (C=O) groups is 1. The summed E-state index contributed by atoms with van der Waals surface area (Å²) in [7, 11) is -1.15. The van der Waals surface area contributed by atoms with E-state index in [9.17, 15) is 9.90 Å². The third-order valence-corrected chi connectivity index (χ3v) is 7.61. The number of aromatic nitrogens is 3. The van der Waals surface area contributed by atoms with Crippen LogP contribution in [0.15, 0.2) is 29.1 Å². The zero-order valence-corrected chi connectivity index (χ0v) is 20.8. The van der Waals surface area contributed by atoms with Gasteiger partial charge in [-0.2, -0.15) is 0 Å². The first-order chi connectivity index (χ1) is 15.7. The zero-order valence-electron chi connectivity index (χ0n) is 19.8. The van der Waals surface area contributed by atoms with E-state index in [1.54, 1.807) is 12.4 Å². The quantitative estimate of drug-likeness (QED) is 0.357. The molecule has 0 spiro atoms. The van der Waals surface area contributed by atoms with Crippen LogP contribution in [-0.4, -0.2) is 64.4 Å². The maximum absolute atomic E-state index is 11.5. The van der Waals surface area contributed by atoms with Crippen molar-refractivity contribution in [2.75, 3.05) is 25.0 Å². The lowest BCUT2D eigenvalue weighted by atomic mass is 10.0. The summed E-state index contributed by atoms with van der Waals surface area (Å²) in [5, 5.41) is 14.0. The van der Waals surface area contributed by atoms with Gasteiger partial charge >= 0.3 is 6.09 Å². The van der Waals surface area contributed by atoms with Gasteiger partial charge in [0.05, 0.1) is 17.4 Å². The van der Waals surface area contributed by atoms with Gasteiger partial charge in [-0.1, -0.05) is 19.6 Å². The van der Waals surface area contributed by atoms with Crippen LogP contribution in [-0.2, 0) is 11.5 Å². The van der Waals surface area contributed by atoms with E-state index in [4.69, 9.17) is 14.1 Å². The summed E-state index contributed by atoms with van der Waals surface area (Å²) in [6.45, 7) is 11.0. The second kappa shape index (κ2) is 9.56. The number of nitrogens with zero attached hydrogens (tertiary/aromatic N) is 4. The summed E-state index contributed by atoms with van der Waals surface area (Å²) >= 11 is 0. The minimum Gasteiger partial charge on any atom is -0.465 e. The highest BCUT2D eigenvalue weighted by molar-refractivity contribution is 6.76. The number of anilines is 1. The Hall–Kier alpha value is -2.85. The Kier molecular flexibility index (Phi) is 6.75. The third kappa shape index (κ3) is 5.56. The van der Waals surface area contributed by atoms with Gasteiger partial charge in [0.1, 0.15) is 18.1 Å². The van der Waals surface area contributed by atoms with E-state index in [0.717, 1.165) is 53.5 Å². The van der Waals surface area contributed by atoms with Gasteiger partial charge in [0.25, 0.3) is 0 Å². The van der Waals surface area contributed by atoms with Gasteiger partial charge < -0.3 is 29.0 Å². The number of hydrogen-bond donors (Lipinski definition) is 2. The molecule has 178 valence electrons. The first kappa shape index (κ1) is 23.3. The molecule has 0 saturated carbocycles. The fraction of sp³-hybridized carbons (Fsp3) is 0.522. The van der Waals surface area contributed by atoms with Crippen molar-refractivity contribution < 1.29 is 19.1 Å². The van der Waals surface area contributed by atoms with Gasteiger partial charge in [-0.3, -0.25) is 0 Å². The molecule has 0 aliphatic carbocycles. The Bertz CT molecular complexity index is 1120. The van der Waals surface area contributed by atoms with Gasteiger partial charge in [0.15, 0.2) is 0 Å². The average Bonchev–Trinajstić information content (AvgIpc) is 3.37. The standard InChI is InChI=1S/C23H33N5O4Si/c1-16-12-25-22(32-16)19-13-24-21-18(7-9-28(21)15-31-10-11-33(2,3)4)20(19)26-17-6-5-8-27(14-17)23(29)30/h7,9,12-13,17H,5-6,8,10-11,14-15H2,1-4H3,(H,24,26)(H,29,30)/t17-/m1/s1. The number of ether oxygens (including phenoxy) is 1. The SMILES string of the molecule is Cc1cnc(-c2cnc3c(ccn3COCC[Si](C)(C)C)c2N[C@@H]2CCCN(C(=O)O)C2)o1. The first-order valence-electron chi connectivity index (χ1n) is 11.4. The van der Waals surface area contributed by atoms with E-state index in [0.29, 0.717) is 25.7 Å². The number of piperidine rings is 1. The number of nitrogens with one attached hydrogen (secondary N) is 1. The van der Waals surface area contributed by atoms with Gasteiger partial charge in [0, 0.05) is 51.6 Å². The fourth-order valence-corrected chi connectivity index (χ4v) is 4.81. The van der Waals surface area contributed by atoms with Crippen LogP contribution < -0.4 is 5.32 Å². The molecular weight excluding hydrogens is 438 g/mol. The Labute approximate surface area is 194 Å². The highest BCUT2D eigenvalue weighted by atomic mass is 28.3. The highest BCUT2D eigenvalue weighted by Gasteiger charge is 2.26. The van der Waals surface area contributed by atoms with Crippen LogP contribution in [0.1, 0.15) is 18.6 Å². The molecule has 0 radical (unpaired) electrons. The molecule has 0 unspecified atom stereocenters. The number of pyridine rings is 1. The normalized spacial score (nSPS) is 17.0. The number of hydrogen-bond acceptors (Lipinski definition) is 6. The zero-order chi connectivity index (χ0) is 23.6. The van der Waals surface area contributed by atoms with Crippen molar-refractivity contribution in [2.45, 2.75) is 58.2 Å². The van der Waals surface area contributed by atoms with Crippen molar-refractivity contribution in [3.05, 3.63) is 30.4 Å². The number of aryl methyl sites for hydroxylation is 1. The lowest BCUT2D eigenvalue weighted by Gasteiger charge is -2.32. The van der Waals surface area contributed by atoms with Gasteiger partial charge in [-0.15, -0.1) is 0 Å². The smallest absolute Gasteiger partial charge is 0.407 e. The molecule has 1 saturated heterocycles. The molecule has 4 heterocycles. The van der Waals surface area contributed by atoms with E-state index in [1.807, 2.05) is 23.8 Å². The van der Waals surface area contributed by atoms with E-state index < -0.39 is 14.2 Å². The van der Waals surface area contributed by atoms with Crippen LogP contribution in [0.4, 0.5) is 10.5 Å². The third-order valence-electron chi connectivity index (χ3n) is 5.91. The van der Waals surface area contributed by atoms with Crippen molar-refractivity contribution in [3.8, 4) is 11.5 Å². The molecule has 2 N–H and O–H groups in total. The number of amides is 1.